The highest BCUT2D eigenvalue weighted by molar-refractivity contribution is 7.12. The third-order valence-electron chi connectivity index (χ3n) is 2.42. The fourth-order valence-corrected chi connectivity index (χ4v) is 2.25. The highest BCUT2D eigenvalue weighted by Crippen LogP contribution is 2.16. The van der Waals surface area contributed by atoms with Crippen LogP contribution in [-0.2, 0) is 16.1 Å². The second-order valence-corrected chi connectivity index (χ2v) is 4.78. The van der Waals surface area contributed by atoms with E-state index in [4.69, 9.17) is 9.15 Å². The van der Waals surface area contributed by atoms with Crippen LogP contribution in [0.5, 0.6) is 0 Å². The first-order chi connectivity index (χ1) is 9.16. The van der Waals surface area contributed by atoms with Gasteiger partial charge in [0.15, 0.2) is 6.61 Å². The second-order valence-electron chi connectivity index (χ2n) is 3.86. The molecule has 19 heavy (non-hydrogen) atoms. The van der Waals surface area contributed by atoms with Crippen LogP contribution in [-0.4, -0.2) is 18.5 Å². The Labute approximate surface area is 114 Å². The molecular formula is C13H13NO4S. The maximum atomic E-state index is 11.7. The van der Waals surface area contributed by atoms with Gasteiger partial charge in [0.1, 0.15) is 10.6 Å². The highest BCUT2D eigenvalue weighted by atomic mass is 32.1. The van der Waals surface area contributed by atoms with Gasteiger partial charge in [-0.1, -0.05) is 0 Å². The van der Waals surface area contributed by atoms with Gasteiger partial charge in [-0.2, -0.15) is 0 Å². The standard InChI is InChI=1S/C13H13NO4S/c1-9-4-6-19-12(9)13(16)18-8-11(15)14-7-10-3-2-5-17-10/h2-6H,7-8H2,1H3,(H,14,15). The number of aryl methyl sites for hydroxylation is 1. The molecule has 0 radical (unpaired) electrons. The lowest BCUT2D eigenvalue weighted by atomic mass is 10.3. The second kappa shape index (κ2) is 6.19. The minimum atomic E-state index is -0.472. The van der Waals surface area contributed by atoms with Gasteiger partial charge < -0.3 is 14.5 Å². The smallest absolute Gasteiger partial charge is 0.349 e. The largest absolute Gasteiger partial charge is 0.467 e. The Morgan fingerprint density at radius 3 is 2.89 bits per heavy atom. The van der Waals surface area contributed by atoms with Gasteiger partial charge in [-0.25, -0.2) is 4.79 Å². The molecule has 0 aromatic carbocycles. The Morgan fingerprint density at radius 2 is 2.26 bits per heavy atom. The van der Waals surface area contributed by atoms with Gasteiger partial charge in [-0.05, 0) is 36.1 Å². The molecule has 0 saturated heterocycles. The van der Waals surface area contributed by atoms with E-state index in [9.17, 15) is 9.59 Å². The van der Waals surface area contributed by atoms with Crippen molar-refractivity contribution < 1.29 is 18.7 Å². The molecule has 0 aliphatic rings. The van der Waals surface area contributed by atoms with E-state index in [1.165, 1.54) is 17.6 Å². The quantitative estimate of drug-likeness (QED) is 0.851. The lowest BCUT2D eigenvalue weighted by Gasteiger charge is -2.05. The van der Waals surface area contributed by atoms with Gasteiger partial charge in [0, 0.05) is 0 Å². The van der Waals surface area contributed by atoms with Crippen LogP contribution in [0.3, 0.4) is 0 Å². The zero-order valence-electron chi connectivity index (χ0n) is 10.3. The number of ether oxygens (including phenoxy) is 1. The molecule has 0 aliphatic carbocycles. The van der Waals surface area contributed by atoms with Gasteiger partial charge in [-0.15, -0.1) is 11.3 Å². The predicted molar refractivity (Wildman–Crippen MR) is 69.9 cm³/mol. The number of carbonyl (C=O) groups excluding carboxylic acids is 2. The summed E-state index contributed by atoms with van der Waals surface area (Å²) < 4.78 is 9.99. The average Bonchev–Trinajstić information content (AvgIpc) is 3.04. The van der Waals surface area contributed by atoms with Crippen LogP contribution < -0.4 is 5.32 Å². The summed E-state index contributed by atoms with van der Waals surface area (Å²) in [5.74, 6) is -0.187. The van der Waals surface area contributed by atoms with Crippen molar-refractivity contribution in [3.63, 3.8) is 0 Å². The molecule has 0 fully saturated rings. The number of thiophene rings is 1. The van der Waals surface area contributed by atoms with Crippen molar-refractivity contribution in [2.75, 3.05) is 6.61 Å². The van der Waals surface area contributed by atoms with Crippen LogP contribution in [0, 0.1) is 6.92 Å². The average molecular weight is 279 g/mol. The topological polar surface area (TPSA) is 68.5 Å². The molecule has 2 aromatic rings. The summed E-state index contributed by atoms with van der Waals surface area (Å²) in [6.07, 6.45) is 1.53. The van der Waals surface area contributed by atoms with Gasteiger partial charge in [0.2, 0.25) is 0 Å². The molecule has 5 nitrogen and oxygen atoms in total. The molecule has 0 aliphatic heterocycles. The van der Waals surface area contributed by atoms with Crippen molar-refractivity contribution >= 4 is 23.2 Å². The van der Waals surface area contributed by atoms with Gasteiger partial charge in [-0.3, -0.25) is 4.79 Å². The number of esters is 1. The molecule has 0 atom stereocenters. The molecule has 2 rings (SSSR count). The molecule has 1 amide bonds. The van der Waals surface area contributed by atoms with E-state index in [1.807, 2.05) is 18.4 Å². The Hall–Kier alpha value is -2.08. The maximum Gasteiger partial charge on any atom is 0.349 e. The van der Waals surface area contributed by atoms with Crippen LogP contribution in [0.1, 0.15) is 21.0 Å². The lowest BCUT2D eigenvalue weighted by Crippen LogP contribution is -2.28. The molecule has 6 heteroatoms. The first-order valence-corrected chi connectivity index (χ1v) is 6.55. The van der Waals surface area contributed by atoms with Crippen molar-refractivity contribution in [3.05, 3.63) is 46.0 Å². The van der Waals surface area contributed by atoms with Crippen LogP contribution >= 0.6 is 11.3 Å². The van der Waals surface area contributed by atoms with Gasteiger partial charge in [0.05, 0.1) is 12.8 Å². The summed E-state index contributed by atoms with van der Waals surface area (Å²) in [7, 11) is 0. The van der Waals surface area contributed by atoms with Crippen LogP contribution in [0.15, 0.2) is 34.3 Å². The third kappa shape index (κ3) is 3.69. The number of furan rings is 1. The summed E-state index contributed by atoms with van der Waals surface area (Å²) in [5, 5.41) is 4.40. The number of hydrogen-bond acceptors (Lipinski definition) is 5. The number of nitrogens with one attached hydrogen (secondary N) is 1. The SMILES string of the molecule is Cc1ccsc1C(=O)OCC(=O)NCc1ccco1. The lowest BCUT2D eigenvalue weighted by molar-refractivity contribution is -0.124. The molecule has 0 saturated carbocycles. The van der Waals surface area contributed by atoms with Crippen molar-refractivity contribution in [1.82, 2.24) is 5.32 Å². The third-order valence-corrected chi connectivity index (χ3v) is 3.42. The number of rotatable bonds is 5. The first-order valence-electron chi connectivity index (χ1n) is 5.67. The highest BCUT2D eigenvalue weighted by Gasteiger charge is 2.13. The monoisotopic (exact) mass is 279 g/mol. The summed E-state index contributed by atoms with van der Waals surface area (Å²) in [4.78, 5) is 23.7. The minimum absolute atomic E-state index is 0.279. The van der Waals surface area contributed by atoms with Gasteiger partial charge in [0.25, 0.3) is 5.91 Å². The fourth-order valence-electron chi connectivity index (χ4n) is 1.43. The van der Waals surface area contributed by atoms with E-state index in [0.29, 0.717) is 10.6 Å². The van der Waals surface area contributed by atoms with E-state index in [-0.39, 0.29) is 19.1 Å². The molecular weight excluding hydrogens is 266 g/mol. The summed E-state index contributed by atoms with van der Waals surface area (Å²) >= 11 is 1.30. The van der Waals surface area contributed by atoms with E-state index in [2.05, 4.69) is 5.32 Å². The van der Waals surface area contributed by atoms with Crippen molar-refractivity contribution in [1.29, 1.82) is 0 Å². The van der Waals surface area contributed by atoms with Crippen LogP contribution in [0.25, 0.3) is 0 Å². The zero-order chi connectivity index (χ0) is 13.7. The maximum absolute atomic E-state index is 11.7. The van der Waals surface area contributed by atoms with E-state index < -0.39 is 5.97 Å². The number of hydrogen-bond donors (Lipinski definition) is 1. The van der Waals surface area contributed by atoms with Crippen molar-refractivity contribution in [2.45, 2.75) is 13.5 Å². The molecule has 0 spiro atoms. The Kier molecular flexibility index (Phi) is 4.35. The molecule has 100 valence electrons. The summed E-state index contributed by atoms with van der Waals surface area (Å²) in [5.41, 5.74) is 0.853. The zero-order valence-corrected chi connectivity index (χ0v) is 11.2. The Morgan fingerprint density at radius 1 is 1.42 bits per heavy atom. The first kappa shape index (κ1) is 13.4. The Balaban J connectivity index is 1.74. The van der Waals surface area contributed by atoms with E-state index in [0.717, 1.165) is 5.56 Å². The van der Waals surface area contributed by atoms with Crippen molar-refractivity contribution in [2.24, 2.45) is 0 Å². The molecule has 1 N–H and O–H groups in total. The van der Waals surface area contributed by atoms with Crippen LogP contribution in [0.2, 0.25) is 0 Å². The minimum Gasteiger partial charge on any atom is -0.467 e. The normalized spacial score (nSPS) is 10.2. The fraction of sp³-hybridized carbons (Fsp3) is 0.231. The van der Waals surface area contributed by atoms with Crippen LogP contribution in [0.4, 0.5) is 0 Å². The van der Waals surface area contributed by atoms with E-state index >= 15 is 0 Å². The molecule has 0 unspecified atom stereocenters. The Bertz CT molecular complexity index is 559. The van der Waals surface area contributed by atoms with E-state index in [1.54, 1.807) is 12.1 Å². The number of amides is 1. The van der Waals surface area contributed by atoms with Crippen molar-refractivity contribution in [3.8, 4) is 0 Å². The summed E-state index contributed by atoms with van der Waals surface area (Å²) in [6, 6.07) is 5.32. The molecule has 2 heterocycles. The molecule has 2 aromatic heterocycles. The van der Waals surface area contributed by atoms with Gasteiger partial charge >= 0.3 is 5.97 Å². The predicted octanol–water partition coefficient (Wildman–Crippen LogP) is 2.12. The summed E-state index contributed by atoms with van der Waals surface area (Å²) in [6.45, 7) is 1.81. The number of carbonyl (C=O) groups is 2. The molecule has 0 bridgehead atoms.